The lowest BCUT2D eigenvalue weighted by Crippen LogP contribution is -2.21. The summed E-state index contributed by atoms with van der Waals surface area (Å²) in [6.45, 7) is 8.46. The Morgan fingerprint density at radius 3 is 2.42 bits per heavy atom. The molecule has 168 valence electrons. The molecule has 0 fully saturated rings. The molecular weight excluding hydrogens is 446 g/mol. The van der Waals surface area contributed by atoms with Gasteiger partial charge in [0.25, 0.3) is 5.56 Å². The summed E-state index contributed by atoms with van der Waals surface area (Å²) in [4.78, 5) is 16.2. The Labute approximate surface area is 199 Å². The van der Waals surface area contributed by atoms with Gasteiger partial charge in [0.15, 0.2) is 4.77 Å². The lowest BCUT2D eigenvalue weighted by atomic mass is 9.91. The van der Waals surface area contributed by atoms with E-state index in [4.69, 9.17) is 12.2 Å². The molecule has 0 amide bonds. The second kappa shape index (κ2) is 8.21. The number of aromatic nitrogens is 3. The third-order valence-electron chi connectivity index (χ3n) is 5.76. The van der Waals surface area contributed by atoms with Crippen LogP contribution in [0.4, 0.5) is 0 Å². The summed E-state index contributed by atoms with van der Waals surface area (Å²) in [5.41, 5.74) is 8.66. The summed E-state index contributed by atoms with van der Waals surface area (Å²) in [5, 5.41) is 11.8. The SMILES string of the molecule is Cc1c(-c2cccc(C#C[Si](C)(C)C)c2)c2c(-c3c[nH]c(=S)n3C)c(O)ccc2n(C)c1=O. The number of hydrogen-bond donors (Lipinski definition) is 2. The average Bonchev–Trinajstić information content (AvgIpc) is 3.09. The molecule has 0 radical (unpaired) electrons. The fourth-order valence-electron chi connectivity index (χ4n) is 4.07. The number of nitrogens with one attached hydrogen (secondary N) is 1. The topological polar surface area (TPSA) is 63.0 Å². The van der Waals surface area contributed by atoms with Crippen molar-refractivity contribution < 1.29 is 5.11 Å². The minimum absolute atomic E-state index is 0.0740. The lowest BCUT2D eigenvalue weighted by Gasteiger charge is -2.18. The molecule has 0 saturated carbocycles. The third kappa shape index (κ3) is 4.08. The number of aromatic amines is 1. The van der Waals surface area contributed by atoms with Crippen LogP contribution in [0.15, 0.2) is 47.4 Å². The molecule has 4 rings (SSSR count). The highest BCUT2D eigenvalue weighted by atomic mass is 32.1. The lowest BCUT2D eigenvalue weighted by molar-refractivity contribution is 0.477. The smallest absolute Gasteiger partial charge is 0.254 e. The van der Waals surface area contributed by atoms with Gasteiger partial charge in [0.1, 0.15) is 13.8 Å². The number of fused-ring (bicyclic) bond motifs is 1. The van der Waals surface area contributed by atoms with E-state index in [1.165, 1.54) is 0 Å². The summed E-state index contributed by atoms with van der Waals surface area (Å²) in [7, 11) is 2.08. The van der Waals surface area contributed by atoms with Crippen molar-refractivity contribution >= 4 is 31.2 Å². The third-order valence-corrected chi connectivity index (χ3v) is 7.03. The molecule has 0 bridgehead atoms. The van der Waals surface area contributed by atoms with Crippen molar-refractivity contribution in [2.45, 2.75) is 26.6 Å². The number of nitrogens with zero attached hydrogens (tertiary/aromatic N) is 2. The molecule has 2 aromatic carbocycles. The van der Waals surface area contributed by atoms with Crippen LogP contribution in [0.5, 0.6) is 5.75 Å². The van der Waals surface area contributed by atoms with Crippen LogP contribution in [0.1, 0.15) is 11.1 Å². The van der Waals surface area contributed by atoms with Crippen molar-refractivity contribution in [2.24, 2.45) is 14.1 Å². The fourth-order valence-corrected chi connectivity index (χ4v) is 4.75. The molecular formula is C26H27N3O2SSi. The van der Waals surface area contributed by atoms with E-state index in [0.717, 1.165) is 33.3 Å². The molecule has 2 aromatic heterocycles. The van der Waals surface area contributed by atoms with E-state index in [0.29, 0.717) is 15.9 Å². The summed E-state index contributed by atoms with van der Waals surface area (Å²) in [6.07, 6.45) is 1.79. The van der Waals surface area contributed by atoms with E-state index in [9.17, 15) is 9.90 Å². The average molecular weight is 474 g/mol. The number of benzene rings is 2. The first kappa shape index (κ1) is 22.8. The Morgan fingerprint density at radius 1 is 1.06 bits per heavy atom. The zero-order chi connectivity index (χ0) is 24.1. The predicted octanol–water partition coefficient (Wildman–Crippen LogP) is 5.51. The number of rotatable bonds is 2. The largest absolute Gasteiger partial charge is 0.507 e. The van der Waals surface area contributed by atoms with Gasteiger partial charge in [-0.3, -0.25) is 4.79 Å². The Kier molecular flexibility index (Phi) is 5.68. The molecule has 0 aliphatic rings. The van der Waals surface area contributed by atoms with Crippen LogP contribution in [-0.2, 0) is 14.1 Å². The van der Waals surface area contributed by atoms with Crippen LogP contribution in [0, 0.1) is 23.2 Å². The van der Waals surface area contributed by atoms with Crippen LogP contribution < -0.4 is 5.56 Å². The monoisotopic (exact) mass is 473 g/mol. The highest BCUT2D eigenvalue weighted by molar-refractivity contribution is 7.71. The number of aryl methyl sites for hydroxylation is 1. The number of phenolic OH excluding ortho intramolecular Hbond substituents is 1. The van der Waals surface area contributed by atoms with Crippen molar-refractivity contribution in [3.63, 3.8) is 0 Å². The van der Waals surface area contributed by atoms with Crippen molar-refractivity contribution in [1.29, 1.82) is 0 Å². The molecule has 7 heteroatoms. The first-order chi connectivity index (χ1) is 15.5. The van der Waals surface area contributed by atoms with Crippen LogP contribution in [-0.4, -0.2) is 27.3 Å². The standard InChI is InChI=1S/C26H27N3O2SSi/c1-16-22(18-9-7-8-17(14-18)12-13-33(4,5)6)24-19(28(2)25(16)31)10-11-21(30)23(24)20-15-27-26(32)29(20)3/h7-11,14-15,30H,1-6H3,(H,27,32). The minimum Gasteiger partial charge on any atom is -0.507 e. The Hall–Kier alpha value is -3.34. The molecule has 0 aliphatic heterocycles. The highest BCUT2D eigenvalue weighted by Crippen LogP contribution is 2.42. The van der Waals surface area contributed by atoms with Gasteiger partial charge in [0.05, 0.1) is 16.8 Å². The quantitative estimate of drug-likeness (QED) is 0.229. The summed E-state index contributed by atoms with van der Waals surface area (Å²) >= 11 is 5.37. The molecule has 0 spiro atoms. The molecule has 2 N–H and O–H groups in total. The van der Waals surface area contributed by atoms with Gasteiger partial charge in [0, 0.05) is 42.4 Å². The first-order valence-corrected chi connectivity index (χ1v) is 14.6. The zero-order valence-electron chi connectivity index (χ0n) is 19.7. The van der Waals surface area contributed by atoms with Crippen molar-refractivity contribution in [1.82, 2.24) is 14.1 Å². The Morgan fingerprint density at radius 2 is 1.79 bits per heavy atom. The van der Waals surface area contributed by atoms with Gasteiger partial charge in [-0.2, -0.15) is 0 Å². The Bertz CT molecular complexity index is 1590. The van der Waals surface area contributed by atoms with Crippen LogP contribution in [0.25, 0.3) is 33.3 Å². The summed E-state index contributed by atoms with van der Waals surface area (Å²) in [5.74, 6) is 3.44. The maximum atomic E-state index is 13.2. The van der Waals surface area contributed by atoms with E-state index in [-0.39, 0.29) is 11.3 Å². The zero-order valence-corrected chi connectivity index (χ0v) is 21.5. The minimum atomic E-state index is -1.54. The van der Waals surface area contributed by atoms with E-state index in [1.807, 2.05) is 42.8 Å². The number of pyridine rings is 1. The van der Waals surface area contributed by atoms with E-state index >= 15 is 0 Å². The van der Waals surface area contributed by atoms with Crippen LogP contribution in [0.2, 0.25) is 19.6 Å². The molecule has 33 heavy (non-hydrogen) atoms. The number of H-pyrrole nitrogens is 1. The van der Waals surface area contributed by atoms with Gasteiger partial charge >= 0.3 is 0 Å². The van der Waals surface area contributed by atoms with Crippen molar-refractivity contribution in [3.05, 3.63) is 68.8 Å². The number of hydrogen-bond acceptors (Lipinski definition) is 3. The molecule has 0 unspecified atom stereocenters. The van der Waals surface area contributed by atoms with Crippen molar-refractivity contribution in [2.75, 3.05) is 0 Å². The molecule has 4 aromatic rings. The first-order valence-electron chi connectivity index (χ1n) is 10.7. The van der Waals surface area contributed by atoms with Gasteiger partial charge in [-0.15, -0.1) is 5.54 Å². The van der Waals surface area contributed by atoms with E-state index in [1.54, 1.807) is 29.9 Å². The summed E-state index contributed by atoms with van der Waals surface area (Å²) in [6, 6.07) is 11.4. The van der Waals surface area contributed by atoms with E-state index in [2.05, 4.69) is 36.1 Å². The molecule has 0 saturated heterocycles. The van der Waals surface area contributed by atoms with Gasteiger partial charge in [-0.25, -0.2) is 0 Å². The number of imidazole rings is 1. The molecule has 0 atom stereocenters. The molecule has 5 nitrogen and oxygen atoms in total. The second-order valence-electron chi connectivity index (χ2n) is 9.34. The highest BCUT2D eigenvalue weighted by Gasteiger charge is 2.22. The van der Waals surface area contributed by atoms with Gasteiger partial charge in [-0.1, -0.05) is 37.7 Å². The predicted molar refractivity (Wildman–Crippen MR) is 141 cm³/mol. The van der Waals surface area contributed by atoms with Crippen LogP contribution >= 0.6 is 12.2 Å². The number of phenols is 1. The maximum absolute atomic E-state index is 13.2. The summed E-state index contributed by atoms with van der Waals surface area (Å²) < 4.78 is 4.00. The molecule has 0 aliphatic carbocycles. The van der Waals surface area contributed by atoms with E-state index < -0.39 is 8.07 Å². The second-order valence-corrected chi connectivity index (χ2v) is 14.5. The van der Waals surface area contributed by atoms with Gasteiger partial charge in [0.2, 0.25) is 0 Å². The fraction of sp³-hybridized carbons (Fsp3) is 0.231. The number of aromatic hydroxyl groups is 1. The van der Waals surface area contributed by atoms with Gasteiger partial charge < -0.3 is 19.2 Å². The maximum Gasteiger partial charge on any atom is 0.254 e. The molecule has 2 heterocycles. The van der Waals surface area contributed by atoms with Gasteiger partial charge in [-0.05, 0) is 49.0 Å². The normalized spacial score (nSPS) is 11.5. The Balaban J connectivity index is 2.15. The van der Waals surface area contributed by atoms with Crippen LogP contribution in [0.3, 0.4) is 0 Å². The van der Waals surface area contributed by atoms with Crippen molar-refractivity contribution in [3.8, 4) is 39.6 Å².